The number of carbonyl (C=O) groups is 4. The Morgan fingerprint density at radius 2 is 1.81 bits per heavy atom. The standard InChI is InChI=1S/C14H15N3O4/c1-8-2-4-9(5-3-8)15-13(20)14(21)16-10-6-7-11(18)17-12(10)19/h2-5,10H,6-7H2,1H3,(H,15,20)(H,16,21)(H,17,18,19). The molecule has 110 valence electrons. The molecule has 1 unspecified atom stereocenters. The predicted molar refractivity (Wildman–Crippen MR) is 74.1 cm³/mol. The maximum absolute atomic E-state index is 11.7. The van der Waals surface area contributed by atoms with Crippen molar-refractivity contribution in [1.29, 1.82) is 0 Å². The second-order valence-corrected chi connectivity index (χ2v) is 4.80. The number of nitrogens with one attached hydrogen (secondary N) is 3. The molecule has 7 nitrogen and oxygen atoms in total. The summed E-state index contributed by atoms with van der Waals surface area (Å²) < 4.78 is 0. The largest absolute Gasteiger partial charge is 0.336 e. The highest BCUT2D eigenvalue weighted by molar-refractivity contribution is 6.40. The molecule has 4 amide bonds. The van der Waals surface area contributed by atoms with Gasteiger partial charge in [-0.25, -0.2) is 0 Å². The second-order valence-electron chi connectivity index (χ2n) is 4.80. The molecule has 0 spiro atoms. The van der Waals surface area contributed by atoms with Gasteiger partial charge in [0.05, 0.1) is 0 Å². The third-order valence-corrected chi connectivity index (χ3v) is 3.06. The molecule has 21 heavy (non-hydrogen) atoms. The number of benzene rings is 1. The lowest BCUT2D eigenvalue weighted by molar-refractivity contribution is -0.140. The molecule has 1 saturated heterocycles. The first-order chi connectivity index (χ1) is 9.95. The van der Waals surface area contributed by atoms with Crippen LogP contribution in [0.25, 0.3) is 0 Å². The van der Waals surface area contributed by atoms with E-state index >= 15 is 0 Å². The van der Waals surface area contributed by atoms with Crippen molar-refractivity contribution in [2.24, 2.45) is 0 Å². The normalized spacial score (nSPS) is 17.9. The third-order valence-electron chi connectivity index (χ3n) is 3.06. The predicted octanol–water partition coefficient (Wildman–Crippen LogP) is -0.145. The van der Waals surface area contributed by atoms with Gasteiger partial charge in [0.2, 0.25) is 11.8 Å². The summed E-state index contributed by atoms with van der Waals surface area (Å²) in [6, 6.07) is 6.08. The smallest absolute Gasteiger partial charge is 0.313 e. The second kappa shape index (κ2) is 6.17. The van der Waals surface area contributed by atoms with Crippen molar-refractivity contribution in [3.63, 3.8) is 0 Å². The lowest BCUT2D eigenvalue weighted by Crippen LogP contribution is -2.54. The van der Waals surface area contributed by atoms with Gasteiger partial charge in [0, 0.05) is 12.1 Å². The topological polar surface area (TPSA) is 104 Å². The van der Waals surface area contributed by atoms with Crippen molar-refractivity contribution >= 4 is 29.3 Å². The number of hydrogen-bond acceptors (Lipinski definition) is 4. The van der Waals surface area contributed by atoms with Crippen LogP contribution < -0.4 is 16.0 Å². The molecule has 1 aromatic rings. The fourth-order valence-corrected chi connectivity index (χ4v) is 1.88. The number of imide groups is 1. The molecular formula is C14H15N3O4. The minimum atomic E-state index is -0.912. The number of carbonyl (C=O) groups excluding carboxylic acids is 4. The minimum absolute atomic E-state index is 0.135. The maximum Gasteiger partial charge on any atom is 0.313 e. The Balaban J connectivity index is 1.90. The average molecular weight is 289 g/mol. The molecule has 0 aromatic heterocycles. The SMILES string of the molecule is Cc1ccc(NC(=O)C(=O)NC2CCC(=O)NC2=O)cc1. The average Bonchev–Trinajstić information content (AvgIpc) is 2.44. The van der Waals surface area contributed by atoms with Crippen LogP contribution in [0.5, 0.6) is 0 Å². The molecule has 7 heteroatoms. The number of piperidine rings is 1. The molecule has 1 aliphatic rings. The lowest BCUT2D eigenvalue weighted by Gasteiger charge is -2.21. The van der Waals surface area contributed by atoms with Gasteiger partial charge in [0.1, 0.15) is 6.04 Å². The maximum atomic E-state index is 11.7. The molecule has 0 saturated carbocycles. The minimum Gasteiger partial charge on any atom is -0.336 e. The number of rotatable bonds is 2. The van der Waals surface area contributed by atoms with Gasteiger partial charge in [-0.15, -0.1) is 0 Å². The third kappa shape index (κ3) is 3.88. The van der Waals surface area contributed by atoms with Crippen molar-refractivity contribution in [3.05, 3.63) is 29.8 Å². The molecule has 0 radical (unpaired) electrons. The van der Waals surface area contributed by atoms with Crippen LogP contribution in [-0.4, -0.2) is 29.7 Å². The fourth-order valence-electron chi connectivity index (χ4n) is 1.88. The van der Waals surface area contributed by atoms with E-state index in [-0.39, 0.29) is 18.7 Å². The highest BCUT2D eigenvalue weighted by atomic mass is 16.2. The zero-order chi connectivity index (χ0) is 15.4. The van der Waals surface area contributed by atoms with Crippen LogP contribution >= 0.6 is 0 Å². The van der Waals surface area contributed by atoms with E-state index in [9.17, 15) is 19.2 Å². The first-order valence-electron chi connectivity index (χ1n) is 6.48. The fraction of sp³-hybridized carbons (Fsp3) is 0.286. The van der Waals surface area contributed by atoms with Crippen molar-refractivity contribution in [3.8, 4) is 0 Å². The van der Waals surface area contributed by atoms with Gasteiger partial charge < -0.3 is 10.6 Å². The summed E-state index contributed by atoms with van der Waals surface area (Å²) >= 11 is 0. The number of amides is 4. The van der Waals surface area contributed by atoms with E-state index in [0.717, 1.165) is 5.56 Å². The van der Waals surface area contributed by atoms with Gasteiger partial charge in [0.25, 0.3) is 0 Å². The highest BCUT2D eigenvalue weighted by Gasteiger charge is 2.29. The van der Waals surface area contributed by atoms with Crippen molar-refractivity contribution in [1.82, 2.24) is 10.6 Å². The van der Waals surface area contributed by atoms with Gasteiger partial charge >= 0.3 is 11.8 Å². The van der Waals surface area contributed by atoms with Gasteiger partial charge in [-0.3, -0.25) is 24.5 Å². The Morgan fingerprint density at radius 1 is 1.14 bits per heavy atom. The molecule has 2 rings (SSSR count). The van der Waals surface area contributed by atoms with Gasteiger partial charge in [-0.1, -0.05) is 17.7 Å². The van der Waals surface area contributed by atoms with Crippen LogP contribution in [0.3, 0.4) is 0 Å². The van der Waals surface area contributed by atoms with Crippen molar-refractivity contribution in [2.75, 3.05) is 5.32 Å². The van der Waals surface area contributed by atoms with Crippen molar-refractivity contribution in [2.45, 2.75) is 25.8 Å². The first-order valence-corrected chi connectivity index (χ1v) is 6.48. The first kappa shape index (κ1) is 14.7. The van der Waals surface area contributed by atoms with E-state index in [1.165, 1.54) is 0 Å². The van der Waals surface area contributed by atoms with E-state index in [4.69, 9.17) is 0 Å². The van der Waals surface area contributed by atoms with Gasteiger partial charge in [-0.2, -0.15) is 0 Å². The monoisotopic (exact) mass is 289 g/mol. The van der Waals surface area contributed by atoms with E-state index in [0.29, 0.717) is 5.69 Å². The Kier molecular flexibility index (Phi) is 4.32. The molecule has 1 heterocycles. The molecular weight excluding hydrogens is 274 g/mol. The zero-order valence-electron chi connectivity index (χ0n) is 11.4. The summed E-state index contributed by atoms with van der Waals surface area (Å²) in [5, 5.41) is 6.84. The summed E-state index contributed by atoms with van der Waals surface area (Å²) in [5.41, 5.74) is 1.52. The lowest BCUT2D eigenvalue weighted by atomic mass is 10.1. The Labute approximate surface area is 121 Å². The highest BCUT2D eigenvalue weighted by Crippen LogP contribution is 2.09. The Bertz CT molecular complexity index is 595. The van der Waals surface area contributed by atoms with Crippen LogP contribution in [0.4, 0.5) is 5.69 Å². The zero-order valence-corrected chi connectivity index (χ0v) is 11.4. The molecule has 1 atom stereocenters. The quantitative estimate of drug-likeness (QED) is 0.520. The molecule has 1 fully saturated rings. The Hall–Kier alpha value is -2.70. The molecule has 1 aromatic carbocycles. The van der Waals surface area contributed by atoms with Crippen LogP contribution in [-0.2, 0) is 19.2 Å². The van der Waals surface area contributed by atoms with Crippen LogP contribution in [0.2, 0.25) is 0 Å². The number of anilines is 1. The van der Waals surface area contributed by atoms with E-state index in [2.05, 4.69) is 16.0 Å². The van der Waals surface area contributed by atoms with Gasteiger partial charge in [0.15, 0.2) is 0 Å². The number of hydrogen-bond donors (Lipinski definition) is 3. The summed E-state index contributed by atoms with van der Waals surface area (Å²) in [7, 11) is 0. The summed E-state index contributed by atoms with van der Waals surface area (Å²) in [4.78, 5) is 45.9. The summed E-state index contributed by atoms with van der Waals surface area (Å²) in [6.45, 7) is 1.90. The summed E-state index contributed by atoms with van der Waals surface area (Å²) in [6.07, 6.45) is 0.324. The van der Waals surface area contributed by atoms with Crippen LogP contribution in [0.1, 0.15) is 18.4 Å². The molecule has 1 aliphatic heterocycles. The van der Waals surface area contributed by atoms with Crippen molar-refractivity contribution < 1.29 is 19.2 Å². The van der Waals surface area contributed by atoms with E-state index in [1.54, 1.807) is 24.3 Å². The van der Waals surface area contributed by atoms with E-state index < -0.39 is 23.8 Å². The van der Waals surface area contributed by atoms with E-state index in [1.807, 2.05) is 6.92 Å². The Morgan fingerprint density at radius 3 is 2.43 bits per heavy atom. The summed E-state index contributed by atoms with van der Waals surface area (Å²) in [5.74, 6) is -2.74. The molecule has 0 bridgehead atoms. The molecule has 3 N–H and O–H groups in total. The van der Waals surface area contributed by atoms with Crippen LogP contribution in [0, 0.1) is 6.92 Å². The number of aryl methyl sites for hydroxylation is 1. The van der Waals surface area contributed by atoms with Crippen LogP contribution in [0.15, 0.2) is 24.3 Å². The van der Waals surface area contributed by atoms with Gasteiger partial charge in [-0.05, 0) is 25.5 Å². The molecule has 0 aliphatic carbocycles.